The minimum Gasteiger partial charge on any atom is -0.459 e. The Bertz CT molecular complexity index is 633. The van der Waals surface area contributed by atoms with Gasteiger partial charge in [0.25, 0.3) is 5.22 Å². The Kier molecular flexibility index (Phi) is 5.16. The summed E-state index contributed by atoms with van der Waals surface area (Å²) in [6.45, 7) is 5.40. The number of thioether (sulfide) groups is 1. The van der Waals surface area contributed by atoms with Gasteiger partial charge in [-0.25, -0.2) is 8.42 Å². The van der Waals surface area contributed by atoms with Gasteiger partial charge < -0.3 is 9.15 Å². The van der Waals surface area contributed by atoms with Gasteiger partial charge in [0.05, 0.1) is 11.5 Å². The van der Waals surface area contributed by atoms with Crippen LogP contribution in [0.1, 0.15) is 33.1 Å². The van der Waals surface area contributed by atoms with Gasteiger partial charge in [0.2, 0.25) is 5.89 Å². The molecule has 1 aromatic rings. The van der Waals surface area contributed by atoms with Gasteiger partial charge in [-0.3, -0.25) is 4.79 Å². The highest BCUT2D eigenvalue weighted by atomic mass is 32.2. The maximum Gasteiger partial charge on any atom is 0.316 e. The van der Waals surface area contributed by atoms with Crippen molar-refractivity contribution < 1.29 is 22.4 Å². The summed E-state index contributed by atoms with van der Waals surface area (Å²) in [6.07, 6.45) is 1.09. The minimum atomic E-state index is -2.90. The highest BCUT2D eigenvalue weighted by Crippen LogP contribution is 2.24. The van der Waals surface area contributed by atoms with Crippen LogP contribution in [0, 0.1) is 5.92 Å². The molecule has 1 aromatic heterocycles. The SMILES string of the molecule is CC(C)(C)OC(=O)CSc1nnc(C[C@@H]2CCS(=O)(=O)C2)o1. The molecule has 0 saturated carbocycles. The van der Waals surface area contributed by atoms with E-state index in [0.29, 0.717) is 24.0 Å². The standard InChI is InChI=1S/C13H20N2O5S2/c1-13(2,3)20-11(16)7-21-12-15-14-10(19-12)6-9-4-5-22(17,18)8-9/h9H,4-8H2,1-3H3/t9-/m0/s1. The Morgan fingerprint density at radius 2 is 2.14 bits per heavy atom. The fourth-order valence-corrected chi connectivity index (χ4v) is 4.57. The van der Waals surface area contributed by atoms with Crippen molar-refractivity contribution in [3.8, 4) is 0 Å². The van der Waals surface area contributed by atoms with Crippen molar-refractivity contribution in [2.24, 2.45) is 5.92 Å². The highest BCUT2D eigenvalue weighted by Gasteiger charge is 2.29. The lowest BCUT2D eigenvalue weighted by Gasteiger charge is -2.18. The number of hydrogen-bond acceptors (Lipinski definition) is 8. The highest BCUT2D eigenvalue weighted by molar-refractivity contribution is 7.99. The molecule has 0 unspecified atom stereocenters. The third-order valence-corrected chi connectivity index (χ3v) is 5.60. The predicted octanol–water partition coefficient (Wildman–Crippen LogP) is 1.48. The first-order valence-electron chi connectivity index (χ1n) is 7.00. The molecular formula is C13H20N2O5S2. The van der Waals surface area contributed by atoms with E-state index in [1.807, 2.05) is 0 Å². The maximum absolute atomic E-state index is 11.6. The molecule has 0 radical (unpaired) electrons. The number of sulfone groups is 1. The number of ether oxygens (including phenoxy) is 1. The van der Waals surface area contributed by atoms with Gasteiger partial charge >= 0.3 is 5.97 Å². The van der Waals surface area contributed by atoms with E-state index in [1.165, 1.54) is 0 Å². The van der Waals surface area contributed by atoms with Crippen LogP contribution in [-0.2, 0) is 25.8 Å². The second-order valence-electron chi connectivity index (χ2n) is 6.31. The first-order chi connectivity index (χ1) is 10.1. The topological polar surface area (TPSA) is 99.4 Å². The molecule has 0 N–H and O–H groups in total. The summed E-state index contributed by atoms with van der Waals surface area (Å²) < 4.78 is 33.4. The van der Waals surface area contributed by atoms with Crippen molar-refractivity contribution in [2.45, 2.75) is 44.4 Å². The van der Waals surface area contributed by atoms with Gasteiger partial charge in [-0.1, -0.05) is 11.8 Å². The number of carbonyl (C=O) groups excluding carboxylic acids is 1. The van der Waals surface area contributed by atoms with Gasteiger partial charge in [0.1, 0.15) is 11.4 Å². The second-order valence-corrected chi connectivity index (χ2v) is 9.47. The van der Waals surface area contributed by atoms with Crippen LogP contribution in [-0.4, -0.2) is 47.4 Å². The number of esters is 1. The van der Waals surface area contributed by atoms with Crippen LogP contribution in [0.5, 0.6) is 0 Å². The van der Waals surface area contributed by atoms with Gasteiger partial charge in [-0.05, 0) is 33.1 Å². The summed E-state index contributed by atoms with van der Waals surface area (Å²) in [6, 6.07) is 0. The Morgan fingerprint density at radius 3 is 2.73 bits per heavy atom. The van der Waals surface area contributed by atoms with E-state index in [1.54, 1.807) is 20.8 Å². The Labute approximate surface area is 134 Å². The van der Waals surface area contributed by atoms with Crippen LogP contribution in [0.15, 0.2) is 9.64 Å². The van der Waals surface area contributed by atoms with Crippen molar-refractivity contribution in [1.82, 2.24) is 10.2 Å². The van der Waals surface area contributed by atoms with E-state index >= 15 is 0 Å². The number of rotatable bonds is 5. The van der Waals surface area contributed by atoms with Crippen molar-refractivity contribution >= 4 is 27.6 Å². The Balaban J connectivity index is 1.81. The van der Waals surface area contributed by atoms with E-state index in [2.05, 4.69) is 10.2 Å². The average molecular weight is 348 g/mol. The minimum absolute atomic E-state index is 0.0363. The van der Waals surface area contributed by atoms with Crippen LogP contribution in [0.25, 0.3) is 0 Å². The van der Waals surface area contributed by atoms with Crippen molar-refractivity contribution in [3.63, 3.8) is 0 Å². The van der Waals surface area contributed by atoms with Crippen molar-refractivity contribution in [3.05, 3.63) is 5.89 Å². The molecule has 22 heavy (non-hydrogen) atoms. The molecule has 1 atom stereocenters. The van der Waals surface area contributed by atoms with E-state index in [-0.39, 0.29) is 29.1 Å². The first kappa shape index (κ1) is 17.3. The zero-order valence-electron chi connectivity index (χ0n) is 12.9. The molecule has 1 aliphatic rings. The summed E-state index contributed by atoms with van der Waals surface area (Å²) in [5.74, 6) is 0.598. The van der Waals surface area contributed by atoms with E-state index in [0.717, 1.165) is 11.8 Å². The quantitative estimate of drug-likeness (QED) is 0.583. The summed E-state index contributed by atoms with van der Waals surface area (Å²) in [5.41, 5.74) is -0.522. The van der Waals surface area contributed by atoms with Crippen LogP contribution < -0.4 is 0 Å². The van der Waals surface area contributed by atoms with E-state index < -0.39 is 15.4 Å². The van der Waals surface area contributed by atoms with E-state index in [9.17, 15) is 13.2 Å². The molecule has 1 fully saturated rings. The van der Waals surface area contributed by atoms with Gasteiger partial charge in [0.15, 0.2) is 9.84 Å². The fourth-order valence-electron chi connectivity index (χ4n) is 2.15. The van der Waals surface area contributed by atoms with Crippen molar-refractivity contribution in [2.75, 3.05) is 17.3 Å². The molecule has 0 bridgehead atoms. The average Bonchev–Trinajstić information content (AvgIpc) is 2.92. The monoisotopic (exact) mass is 348 g/mol. The normalized spacial score (nSPS) is 21.0. The largest absolute Gasteiger partial charge is 0.459 e. The molecule has 0 aliphatic carbocycles. The number of nitrogens with zero attached hydrogens (tertiary/aromatic N) is 2. The lowest BCUT2D eigenvalue weighted by atomic mass is 10.1. The lowest BCUT2D eigenvalue weighted by molar-refractivity contribution is -0.151. The maximum atomic E-state index is 11.6. The molecule has 9 heteroatoms. The first-order valence-corrected chi connectivity index (χ1v) is 9.81. The van der Waals surface area contributed by atoms with Crippen LogP contribution in [0.3, 0.4) is 0 Å². The summed E-state index contributed by atoms with van der Waals surface area (Å²) in [4.78, 5) is 11.6. The molecule has 1 saturated heterocycles. The van der Waals surface area contributed by atoms with Gasteiger partial charge in [-0.2, -0.15) is 0 Å². The molecule has 2 rings (SSSR count). The zero-order valence-corrected chi connectivity index (χ0v) is 14.5. The molecule has 0 amide bonds. The number of hydrogen-bond donors (Lipinski definition) is 0. The summed E-state index contributed by atoms with van der Waals surface area (Å²) >= 11 is 1.11. The predicted molar refractivity (Wildman–Crippen MR) is 81.3 cm³/mol. The Hall–Kier alpha value is -1.09. The van der Waals surface area contributed by atoms with Gasteiger partial charge in [-0.15, -0.1) is 10.2 Å². The van der Waals surface area contributed by atoms with Gasteiger partial charge in [0, 0.05) is 6.42 Å². The second kappa shape index (κ2) is 6.57. The fraction of sp³-hybridized carbons (Fsp3) is 0.769. The molecule has 1 aliphatic heterocycles. The molecule has 2 heterocycles. The third-order valence-electron chi connectivity index (χ3n) is 2.97. The molecular weight excluding hydrogens is 328 g/mol. The number of carbonyl (C=O) groups is 1. The van der Waals surface area contributed by atoms with Crippen LogP contribution in [0.2, 0.25) is 0 Å². The summed E-state index contributed by atoms with van der Waals surface area (Å²) in [7, 11) is -2.90. The third kappa shape index (κ3) is 5.60. The number of aromatic nitrogens is 2. The summed E-state index contributed by atoms with van der Waals surface area (Å²) in [5, 5.41) is 8.04. The van der Waals surface area contributed by atoms with Crippen LogP contribution >= 0.6 is 11.8 Å². The smallest absolute Gasteiger partial charge is 0.316 e. The van der Waals surface area contributed by atoms with E-state index in [4.69, 9.17) is 9.15 Å². The van der Waals surface area contributed by atoms with Crippen molar-refractivity contribution in [1.29, 1.82) is 0 Å². The molecule has 124 valence electrons. The zero-order chi connectivity index (χ0) is 16.4. The molecule has 0 spiro atoms. The molecule has 7 nitrogen and oxygen atoms in total. The lowest BCUT2D eigenvalue weighted by Crippen LogP contribution is -2.24. The molecule has 0 aromatic carbocycles. The Morgan fingerprint density at radius 1 is 1.41 bits per heavy atom. The van der Waals surface area contributed by atoms with Crippen LogP contribution in [0.4, 0.5) is 0 Å².